The van der Waals surface area contributed by atoms with Crippen LogP contribution in [0, 0.1) is 24.3 Å². The van der Waals surface area contributed by atoms with Gasteiger partial charge in [-0.1, -0.05) is 19.6 Å². The maximum absolute atomic E-state index is 5.17. The molecule has 0 saturated carbocycles. The first-order valence-corrected chi connectivity index (χ1v) is 2.77. The van der Waals surface area contributed by atoms with Crippen molar-refractivity contribution in [2.45, 2.75) is 20.3 Å². The summed E-state index contributed by atoms with van der Waals surface area (Å²) in [7, 11) is 0. The first kappa shape index (κ1) is 7.30. The molecular weight excluding hydrogens is 96.1 g/mol. The second kappa shape index (κ2) is 4.46. The van der Waals surface area contributed by atoms with Gasteiger partial charge in [0.15, 0.2) is 0 Å². The van der Waals surface area contributed by atoms with E-state index in [2.05, 4.69) is 18.8 Å². The molecule has 1 radical (unpaired) electrons. The van der Waals surface area contributed by atoms with Gasteiger partial charge in [0.05, 0.1) is 0 Å². The topological polar surface area (TPSA) is 0 Å². The van der Waals surface area contributed by atoms with Gasteiger partial charge in [0.25, 0.3) is 0 Å². The minimum absolute atomic E-state index is 0.421. The van der Waals surface area contributed by atoms with E-state index in [-0.39, 0.29) is 0 Å². The van der Waals surface area contributed by atoms with Gasteiger partial charge in [-0.3, -0.25) is 0 Å². The molecule has 0 aliphatic heterocycles. The fraction of sp³-hybridized carbons (Fsp3) is 0.500. The summed E-state index contributed by atoms with van der Waals surface area (Å²) in [4.78, 5) is 0. The van der Waals surface area contributed by atoms with Crippen molar-refractivity contribution in [3.63, 3.8) is 0 Å². The van der Waals surface area contributed by atoms with E-state index in [4.69, 9.17) is 6.58 Å². The Bertz CT molecular complexity index is 112. The van der Waals surface area contributed by atoms with Crippen LogP contribution in [0.2, 0.25) is 0 Å². The molecule has 1 atom stereocenters. The number of hydrogen-bond donors (Lipinski definition) is 0. The summed E-state index contributed by atoms with van der Waals surface area (Å²) in [5, 5.41) is 0. The molecule has 0 spiro atoms. The predicted octanol–water partition coefficient (Wildman–Crippen LogP) is 2.03. The standard InChI is InChI=1S/C8H11/c1-4-6-8(3)7-5-2/h1,4,8H,6H2,2-3H3. The molecule has 0 aromatic heterocycles. The third-order valence-electron chi connectivity index (χ3n) is 0.880. The van der Waals surface area contributed by atoms with Crippen molar-refractivity contribution in [3.8, 4) is 11.8 Å². The molecule has 0 aromatic rings. The van der Waals surface area contributed by atoms with Crippen LogP contribution in [-0.4, -0.2) is 0 Å². The molecule has 0 aliphatic rings. The summed E-state index contributed by atoms with van der Waals surface area (Å²) in [6.07, 6.45) is 2.54. The molecule has 0 bridgehead atoms. The van der Waals surface area contributed by atoms with Gasteiger partial charge in [-0.15, -0.1) is 11.8 Å². The largest absolute Gasteiger partial charge is 0.106 e. The summed E-state index contributed by atoms with van der Waals surface area (Å²) < 4.78 is 0. The molecule has 0 aromatic carbocycles. The van der Waals surface area contributed by atoms with E-state index in [9.17, 15) is 0 Å². The fourth-order valence-electron chi connectivity index (χ4n) is 0.509. The maximum atomic E-state index is 5.17. The summed E-state index contributed by atoms with van der Waals surface area (Å²) in [5.74, 6) is 6.23. The molecule has 1 unspecified atom stereocenters. The van der Waals surface area contributed by atoms with Gasteiger partial charge in [-0.2, -0.15) is 0 Å². The highest BCUT2D eigenvalue weighted by atomic mass is 13.9. The summed E-state index contributed by atoms with van der Waals surface area (Å²) in [5.41, 5.74) is 0. The van der Waals surface area contributed by atoms with Gasteiger partial charge >= 0.3 is 0 Å². The van der Waals surface area contributed by atoms with Crippen molar-refractivity contribution < 1.29 is 0 Å². The molecule has 0 saturated heterocycles. The summed E-state index contributed by atoms with van der Waals surface area (Å²) >= 11 is 0. The average Bonchev–Trinajstić information content (AvgIpc) is 1.68. The van der Waals surface area contributed by atoms with E-state index in [0.29, 0.717) is 5.92 Å². The van der Waals surface area contributed by atoms with Crippen molar-refractivity contribution >= 4 is 0 Å². The third kappa shape index (κ3) is 3.49. The Morgan fingerprint density at radius 2 is 2.38 bits per heavy atom. The van der Waals surface area contributed by atoms with Gasteiger partial charge < -0.3 is 0 Å². The normalized spacial score (nSPS) is 11.2. The van der Waals surface area contributed by atoms with E-state index in [1.54, 1.807) is 6.08 Å². The Labute approximate surface area is 51.6 Å². The van der Waals surface area contributed by atoms with Crippen molar-refractivity contribution in [1.29, 1.82) is 0 Å². The molecule has 0 heterocycles. The van der Waals surface area contributed by atoms with Gasteiger partial charge in [0.2, 0.25) is 0 Å². The van der Waals surface area contributed by atoms with Crippen LogP contribution in [-0.2, 0) is 0 Å². The zero-order chi connectivity index (χ0) is 6.41. The van der Waals surface area contributed by atoms with Crippen LogP contribution in [0.25, 0.3) is 0 Å². The second-order valence-corrected chi connectivity index (χ2v) is 1.77. The number of hydrogen-bond acceptors (Lipinski definition) is 0. The van der Waals surface area contributed by atoms with Crippen molar-refractivity contribution in [3.05, 3.63) is 12.7 Å². The average molecular weight is 107 g/mol. The van der Waals surface area contributed by atoms with E-state index >= 15 is 0 Å². The highest BCUT2D eigenvalue weighted by Gasteiger charge is 1.88. The lowest BCUT2D eigenvalue weighted by atomic mass is 10.1. The Morgan fingerprint density at radius 3 is 2.75 bits per heavy atom. The first-order chi connectivity index (χ1) is 3.81. The molecule has 43 valence electrons. The molecule has 0 N–H and O–H groups in total. The molecule has 0 rings (SSSR count). The minimum Gasteiger partial charge on any atom is -0.106 e. The molecule has 0 heteroatoms. The van der Waals surface area contributed by atoms with Crippen molar-refractivity contribution in [2.75, 3.05) is 0 Å². The Kier molecular flexibility index (Phi) is 4.07. The number of rotatable bonds is 2. The van der Waals surface area contributed by atoms with Crippen LogP contribution in [0.15, 0.2) is 6.08 Å². The van der Waals surface area contributed by atoms with Crippen LogP contribution < -0.4 is 0 Å². The van der Waals surface area contributed by atoms with Crippen molar-refractivity contribution in [2.24, 2.45) is 5.92 Å². The lowest BCUT2D eigenvalue weighted by molar-refractivity contribution is 0.773. The number of allylic oxidation sites excluding steroid dienone is 1. The van der Waals surface area contributed by atoms with Crippen LogP contribution in [0.3, 0.4) is 0 Å². The second-order valence-electron chi connectivity index (χ2n) is 1.77. The van der Waals surface area contributed by atoms with Crippen LogP contribution in [0.5, 0.6) is 0 Å². The minimum atomic E-state index is 0.421. The zero-order valence-corrected chi connectivity index (χ0v) is 5.44. The van der Waals surface area contributed by atoms with Gasteiger partial charge in [0.1, 0.15) is 0 Å². The molecule has 8 heavy (non-hydrogen) atoms. The molecule has 0 amide bonds. The molecule has 0 aliphatic carbocycles. The van der Waals surface area contributed by atoms with Crippen molar-refractivity contribution in [1.82, 2.24) is 0 Å². The first-order valence-electron chi connectivity index (χ1n) is 2.77. The fourth-order valence-corrected chi connectivity index (χ4v) is 0.509. The van der Waals surface area contributed by atoms with E-state index in [1.807, 2.05) is 6.92 Å². The van der Waals surface area contributed by atoms with E-state index in [1.165, 1.54) is 0 Å². The molecular formula is C8H11. The molecule has 0 nitrogen and oxygen atoms in total. The van der Waals surface area contributed by atoms with Gasteiger partial charge in [-0.25, -0.2) is 0 Å². The Balaban J connectivity index is 3.41. The lowest BCUT2D eigenvalue weighted by Crippen LogP contribution is -1.84. The summed E-state index contributed by atoms with van der Waals surface area (Å²) in [6.45, 7) is 9.06. The highest BCUT2D eigenvalue weighted by molar-refractivity contribution is 5.00. The SMILES string of the molecule is [CH]=CCC(C)C#CC. The summed E-state index contributed by atoms with van der Waals surface area (Å²) in [6, 6.07) is 0. The smallest absolute Gasteiger partial charge is 0.0209 e. The quantitative estimate of drug-likeness (QED) is 0.473. The Morgan fingerprint density at radius 1 is 1.75 bits per heavy atom. The van der Waals surface area contributed by atoms with Gasteiger partial charge in [-0.05, 0) is 13.3 Å². The van der Waals surface area contributed by atoms with Crippen LogP contribution in [0.1, 0.15) is 20.3 Å². The maximum Gasteiger partial charge on any atom is 0.0209 e. The predicted molar refractivity (Wildman–Crippen MR) is 36.1 cm³/mol. The van der Waals surface area contributed by atoms with Crippen LogP contribution in [0.4, 0.5) is 0 Å². The molecule has 0 fully saturated rings. The zero-order valence-electron chi connectivity index (χ0n) is 5.44. The van der Waals surface area contributed by atoms with Crippen LogP contribution >= 0.6 is 0 Å². The lowest BCUT2D eigenvalue weighted by Gasteiger charge is -1.93. The Hall–Kier alpha value is -0.700. The highest BCUT2D eigenvalue weighted by Crippen LogP contribution is 1.97. The third-order valence-corrected chi connectivity index (χ3v) is 0.880. The van der Waals surface area contributed by atoms with E-state index < -0.39 is 0 Å². The van der Waals surface area contributed by atoms with Gasteiger partial charge in [0, 0.05) is 5.92 Å². The van der Waals surface area contributed by atoms with E-state index in [0.717, 1.165) is 6.42 Å². The monoisotopic (exact) mass is 107 g/mol.